The maximum Gasteiger partial charge on any atom is 0.410 e. The Morgan fingerprint density at radius 1 is 1.23 bits per heavy atom. The van der Waals surface area contributed by atoms with Gasteiger partial charge in [-0.2, -0.15) is 5.10 Å². The van der Waals surface area contributed by atoms with Crippen LogP contribution in [0.5, 0.6) is 5.75 Å². The quantitative estimate of drug-likeness (QED) is 0.628. The SMILES string of the molecule is CC(C)(C)OC(=O)N1CCCC(COc2cc3ccccc3cc2-c2cc(N)n[nH]2)C1. The number of benzene rings is 2. The number of aromatic nitrogens is 2. The number of nitrogen functional groups attached to an aromatic ring is 1. The lowest BCUT2D eigenvalue weighted by atomic mass is 9.99. The van der Waals surface area contributed by atoms with E-state index in [1.807, 2.05) is 39.0 Å². The number of H-pyrrole nitrogens is 1. The maximum atomic E-state index is 12.5. The van der Waals surface area contributed by atoms with Gasteiger partial charge in [-0.25, -0.2) is 4.79 Å². The lowest BCUT2D eigenvalue weighted by Gasteiger charge is -2.34. The molecule has 1 aromatic heterocycles. The lowest BCUT2D eigenvalue weighted by Crippen LogP contribution is -2.44. The molecule has 1 fully saturated rings. The highest BCUT2D eigenvalue weighted by Gasteiger charge is 2.28. The lowest BCUT2D eigenvalue weighted by molar-refractivity contribution is 0.0139. The van der Waals surface area contributed by atoms with Gasteiger partial charge in [0, 0.05) is 30.6 Å². The highest BCUT2D eigenvalue weighted by molar-refractivity contribution is 5.90. The van der Waals surface area contributed by atoms with Crippen molar-refractivity contribution >= 4 is 22.7 Å². The maximum absolute atomic E-state index is 12.5. The van der Waals surface area contributed by atoms with Crippen molar-refractivity contribution < 1.29 is 14.3 Å². The number of carbonyl (C=O) groups excluding carboxylic acids is 1. The number of rotatable bonds is 4. The molecule has 1 unspecified atom stereocenters. The third kappa shape index (κ3) is 5.10. The first-order valence-corrected chi connectivity index (χ1v) is 10.7. The molecule has 0 spiro atoms. The van der Waals surface area contributed by atoms with Crippen LogP contribution in [0.2, 0.25) is 0 Å². The van der Waals surface area contributed by atoms with E-state index in [0.29, 0.717) is 19.0 Å². The standard InChI is InChI=1S/C24H30N4O3/c1-24(2,3)31-23(29)28-10-6-7-16(14-28)15-30-21-12-18-9-5-4-8-17(18)11-19(21)20-13-22(25)27-26-20/h4-5,8-9,11-13,16H,6-7,10,14-15H2,1-3H3,(H3,25,26,27). The average molecular weight is 423 g/mol. The van der Waals surface area contributed by atoms with Crippen molar-refractivity contribution in [3.05, 3.63) is 42.5 Å². The number of aromatic amines is 1. The van der Waals surface area contributed by atoms with E-state index in [-0.39, 0.29) is 12.0 Å². The van der Waals surface area contributed by atoms with Gasteiger partial charge in [-0.15, -0.1) is 0 Å². The summed E-state index contributed by atoms with van der Waals surface area (Å²) in [5, 5.41) is 9.27. The van der Waals surface area contributed by atoms with Crippen LogP contribution in [0.4, 0.5) is 10.6 Å². The molecule has 1 atom stereocenters. The largest absolute Gasteiger partial charge is 0.493 e. The van der Waals surface area contributed by atoms with Crippen LogP contribution in [0.25, 0.3) is 22.0 Å². The number of nitrogens with zero attached hydrogens (tertiary/aromatic N) is 2. The van der Waals surface area contributed by atoms with Gasteiger partial charge in [-0.3, -0.25) is 5.10 Å². The highest BCUT2D eigenvalue weighted by Crippen LogP contribution is 2.34. The van der Waals surface area contributed by atoms with E-state index in [1.165, 1.54) is 0 Å². The zero-order valence-corrected chi connectivity index (χ0v) is 18.4. The Hall–Kier alpha value is -3.22. The van der Waals surface area contributed by atoms with Crippen molar-refractivity contribution in [2.24, 2.45) is 5.92 Å². The van der Waals surface area contributed by atoms with Crippen molar-refractivity contribution in [1.29, 1.82) is 0 Å². The van der Waals surface area contributed by atoms with Crippen LogP contribution in [0.3, 0.4) is 0 Å². The first kappa shape index (κ1) is 21.0. The van der Waals surface area contributed by atoms with Crippen LogP contribution in [0.1, 0.15) is 33.6 Å². The Kier molecular flexibility index (Phi) is 5.76. The first-order chi connectivity index (χ1) is 14.8. The number of fused-ring (bicyclic) bond motifs is 1. The summed E-state index contributed by atoms with van der Waals surface area (Å²) in [6.45, 7) is 7.54. The summed E-state index contributed by atoms with van der Waals surface area (Å²) in [5.74, 6) is 1.46. The van der Waals surface area contributed by atoms with E-state index in [2.05, 4.69) is 34.5 Å². The molecule has 164 valence electrons. The molecule has 1 saturated heterocycles. The third-order valence-corrected chi connectivity index (χ3v) is 5.38. The summed E-state index contributed by atoms with van der Waals surface area (Å²) in [6, 6.07) is 14.1. The number of likely N-dealkylation sites (tertiary alicyclic amines) is 1. The molecular weight excluding hydrogens is 392 g/mol. The highest BCUT2D eigenvalue weighted by atomic mass is 16.6. The van der Waals surface area contributed by atoms with Crippen molar-refractivity contribution in [3.63, 3.8) is 0 Å². The second kappa shape index (κ2) is 8.49. The smallest absolute Gasteiger partial charge is 0.410 e. The van der Waals surface area contributed by atoms with E-state index in [4.69, 9.17) is 15.2 Å². The minimum atomic E-state index is -0.494. The zero-order valence-electron chi connectivity index (χ0n) is 18.4. The van der Waals surface area contributed by atoms with Gasteiger partial charge in [-0.05, 0) is 56.5 Å². The molecule has 1 aliphatic heterocycles. The van der Waals surface area contributed by atoms with Crippen molar-refractivity contribution in [2.75, 3.05) is 25.4 Å². The summed E-state index contributed by atoms with van der Waals surface area (Å²) in [4.78, 5) is 14.3. The van der Waals surface area contributed by atoms with E-state index in [0.717, 1.165) is 47.2 Å². The number of hydrogen-bond acceptors (Lipinski definition) is 5. The van der Waals surface area contributed by atoms with Crippen LogP contribution in [0.15, 0.2) is 42.5 Å². The Bertz CT molecular complexity index is 1070. The van der Waals surface area contributed by atoms with Crippen LogP contribution >= 0.6 is 0 Å². The number of nitrogens with two attached hydrogens (primary N) is 1. The Balaban J connectivity index is 1.51. The van der Waals surface area contributed by atoms with Crippen molar-refractivity contribution in [2.45, 2.75) is 39.2 Å². The van der Waals surface area contributed by atoms with Crippen LogP contribution in [-0.4, -0.2) is 46.5 Å². The number of carbonyl (C=O) groups is 1. The van der Waals surface area contributed by atoms with Gasteiger partial charge in [0.1, 0.15) is 17.2 Å². The Morgan fingerprint density at radius 2 is 1.97 bits per heavy atom. The first-order valence-electron chi connectivity index (χ1n) is 10.7. The molecule has 4 rings (SSSR count). The fourth-order valence-electron chi connectivity index (χ4n) is 3.93. The number of hydrogen-bond donors (Lipinski definition) is 2. The van der Waals surface area contributed by atoms with E-state index in [1.54, 1.807) is 4.90 Å². The monoisotopic (exact) mass is 422 g/mol. The Labute approximate surface area is 182 Å². The van der Waals surface area contributed by atoms with Crippen LogP contribution < -0.4 is 10.5 Å². The third-order valence-electron chi connectivity index (χ3n) is 5.38. The molecule has 0 radical (unpaired) electrons. The molecular formula is C24H30N4O3. The van der Waals surface area contributed by atoms with Crippen molar-refractivity contribution in [3.8, 4) is 17.0 Å². The predicted octanol–water partition coefficient (Wildman–Crippen LogP) is 4.84. The molecule has 3 N–H and O–H groups in total. The number of nitrogens with one attached hydrogen (secondary N) is 1. The number of ether oxygens (including phenoxy) is 2. The van der Waals surface area contributed by atoms with Gasteiger partial charge in [-0.1, -0.05) is 24.3 Å². The zero-order chi connectivity index (χ0) is 22.0. The van der Waals surface area contributed by atoms with Crippen LogP contribution in [0, 0.1) is 5.92 Å². The molecule has 3 aromatic rings. The minimum Gasteiger partial charge on any atom is -0.493 e. The Morgan fingerprint density at radius 3 is 2.65 bits per heavy atom. The minimum absolute atomic E-state index is 0.243. The topological polar surface area (TPSA) is 93.5 Å². The van der Waals surface area contributed by atoms with Gasteiger partial charge >= 0.3 is 6.09 Å². The summed E-state index contributed by atoms with van der Waals surface area (Å²) >= 11 is 0. The number of piperidine rings is 1. The van der Waals surface area contributed by atoms with E-state index in [9.17, 15) is 4.79 Å². The summed E-state index contributed by atoms with van der Waals surface area (Å²) in [7, 11) is 0. The summed E-state index contributed by atoms with van der Waals surface area (Å²) < 4.78 is 11.8. The molecule has 0 bridgehead atoms. The predicted molar refractivity (Wildman–Crippen MR) is 122 cm³/mol. The van der Waals surface area contributed by atoms with Gasteiger partial charge in [0.15, 0.2) is 0 Å². The van der Waals surface area contributed by atoms with Gasteiger partial charge in [0.05, 0.1) is 12.3 Å². The fraction of sp³-hybridized carbons (Fsp3) is 0.417. The molecule has 2 aromatic carbocycles. The van der Waals surface area contributed by atoms with Gasteiger partial charge < -0.3 is 20.1 Å². The molecule has 1 aliphatic rings. The summed E-state index contributed by atoms with van der Waals surface area (Å²) in [6.07, 6.45) is 1.70. The second-order valence-electron chi connectivity index (χ2n) is 9.15. The molecule has 0 saturated carbocycles. The summed E-state index contributed by atoms with van der Waals surface area (Å²) in [5.41, 5.74) is 7.07. The molecule has 1 amide bonds. The molecule has 0 aliphatic carbocycles. The fourth-order valence-corrected chi connectivity index (χ4v) is 3.93. The van der Waals surface area contributed by atoms with E-state index >= 15 is 0 Å². The second-order valence-corrected chi connectivity index (χ2v) is 9.15. The van der Waals surface area contributed by atoms with Crippen LogP contribution in [-0.2, 0) is 4.74 Å². The molecule has 7 nitrogen and oxygen atoms in total. The van der Waals surface area contributed by atoms with Gasteiger partial charge in [0.2, 0.25) is 0 Å². The molecule has 2 heterocycles. The van der Waals surface area contributed by atoms with Gasteiger partial charge in [0.25, 0.3) is 0 Å². The molecule has 31 heavy (non-hydrogen) atoms. The normalized spacial score (nSPS) is 17.0. The average Bonchev–Trinajstić information content (AvgIpc) is 3.16. The van der Waals surface area contributed by atoms with E-state index < -0.39 is 5.60 Å². The molecule has 7 heteroatoms. The number of amides is 1. The number of anilines is 1. The van der Waals surface area contributed by atoms with Crippen molar-refractivity contribution in [1.82, 2.24) is 15.1 Å².